The predicted molar refractivity (Wildman–Crippen MR) is 98.5 cm³/mol. The molecule has 0 aromatic heterocycles. The van der Waals surface area contributed by atoms with Crippen molar-refractivity contribution in [3.63, 3.8) is 0 Å². The molecule has 7 heteroatoms. The van der Waals surface area contributed by atoms with Gasteiger partial charge in [0.2, 0.25) is 0 Å². The Labute approximate surface area is 147 Å². The van der Waals surface area contributed by atoms with Crippen molar-refractivity contribution >= 4 is 12.1 Å². The van der Waals surface area contributed by atoms with Crippen LogP contribution in [0.25, 0.3) is 0 Å². The Hall–Kier alpha value is -1.50. The van der Waals surface area contributed by atoms with E-state index >= 15 is 0 Å². The van der Waals surface area contributed by atoms with Gasteiger partial charge in [-0.15, -0.1) is 0 Å². The summed E-state index contributed by atoms with van der Waals surface area (Å²) in [7, 11) is 0. The van der Waals surface area contributed by atoms with Gasteiger partial charge in [0.25, 0.3) is 0 Å². The van der Waals surface area contributed by atoms with Crippen molar-refractivity contribution in [3.05, 3.63) is 0 Å². The van der Waals surface area contributed by atoms with Gasteiger partial charge in [0, 0.05) is 38.8 Å². The summed E-state index contributed by atoms with van der Waals surface area (Å²) >= 11 is 0. The Morgan fingerprint density at radius 1 is 1.12 bits per heavy atom. The predicted octanol–water partition coefficient (Wildman–Crippen LogP) is 1.46. The summed E-state index contributed by atoms with van der Waals surface area (Å²) in [5, 5.41) is 3.37. The summed E-state index contributed by atoms with van der Waals surface area (Å²) in [6, 6.07) is 0.425. The Bertz CT molecular complexity index is 390. The zero-order chi connectivity index (χ0) is 17.9. The number of nitrogens with zero attached hydrogens (tertiary/aromatic N) is 4. The van der Waals surface area contributed by atoms with Crippen LogP contribution in [-0.2, 0) is 4.74 Å². The third-order valence-electron chi connectivity index (χ3n) is 4.38. The maximum Gasteiger partial charge on any atom is 0.409 e. The normalized spacial score (nSPS) is 17.2. The zero-order valence-corrected chi connectivity index (χ0v) is 16.0. The molecule has 0 saturated carbocycles. The summed E-state index contributed by atoms with van der Waals surface area (Å²) in [5.74, 6) is 0.944. The number of piperazine rings is 1. The van der Waals surface area contributed by atoms with Crippen molar-refractivity contribution in [1.29, 1.82) is 0 Å². The van der Waals surface area contributed by atoms with E-state index in [9.17, 15) is 4.79 Å². The van der Waals surface area contributed by atoms with Gasteiger partial charge in [-0.1, -0.05) is 13.8 Å². The molecule has 7 nitrogen and oxygen atoms in total. The van der Waals surface area contributed by atoms with Crippen molar-refractivity contribution in [2.75, 3.05) is 59.0 Å². The Kier molecular flexibility index (Phi) is 9.52. The van der Waals surface area contributed by atoms with Crippen LogP contribution < -0.4 is 5.32 Å². The average Bonchev–Trinajstić information content (AvgIpc) is 2.60. The van der Waals surface area contributed by atoms with Gasteiger partial charge in [0.15, 0.2) is 5.96 Å². The Morgan fingerprint density at radius 2 is 1.71 bits per heavy atom. The number of carbonyl (C=O) groups excluding carboxylic acids is 1. The topological polar surface area (TPSA) is 60.4 Å². The third kappa shape index (κ3) is 6.19. The van der Waals surface area contributed by atoms with Crippen molar-refractivity contribution in [3.8, 4) is 0 Å². The van der Waals surface area contributed by atoms with E-state index in [1.54, 1.807) is 4.90 Å². The van der Waals surface area contributed by atoms with Crippen LogP contribution in [0, 0.1) is 0 Å². The van der Waals surface area contributed by atoms with E-state index < -0.39 is 0 Å². The minimum absolute atomic E-state index is 0.214. The van der Waals surface area contributed by atoms with Crippen LogP contribution in [0.4, 0.5) is 4.79 Å². The third-order valence-corrected chi connectivity index (χ3v) is 4.38. The molecule has 1 amide bonds. The van der Waals surface area contributed by atoms with E-state index in [1.165, 1.54) is 0 Å². The van der Waals surface area contributed by atoms with Crippen LogP contribution in [0.1, 0.15) is 34.6 Å². The minimum atomic E-state index is -0.214. The van der Waals surface area contributed by atoms with E-state index in [2.05, 4.69) is 42.8 Å². The Morgan fingerprint density at radius 3 is 2.21 bits per heavy atom. The number of carbonyl (C=O) groups is 1. The number of hydrogen-bond acceptors (Lipinski definition) is 4. The maximum absolute atomic E-state index is 11.8. The van der Waals surface area contributed by atoms with Gasteiger partial charge in [-0.25, -0.2) is 4.79 Å². The molecule has 1 aliphatic rings. The first-order valence-electron chi connectivity index (χ1n) is 9.26. The summed E-state index contributed by atoms with van der Waals surface area (Å²) in [6.07, 6.45) is -0.214. The molecule has 24 heavy (non-hydrogen) atoms. The molecule has 1 N–H and O–H groups in total. The molecular weight excluding hydrogens is 306 g/mol. The first-order valence-corrected chi connectivity index (χ1v) is 9.26. The van der Waals surface area contributed by atoms with Crippen molar-refractivity contribution in [1.82, 2.24) is 20.0 Å². The molecule has 1 unspecified atom stereocenters. The van der Waals surface area contributed by atoms with Crippen LogP contribution in [0.2, 0.25) is 0 Å². The summed E-state index contributed by atoms with van der Waals surface area (Å²) in [6.45, 7) is 17.6. The highest BCUT2D eigenvalue weighted by atomic mass is 16.6. The number of aliphatic imine (C=N–C) groups is 1. The number of rotatable bonds is 7. The quantitative estimate of drug-likeness (QED) is 0.561. The lowest BCUT2D eigenvalue weighted by molar-refractivity contribution is 0.0914. The second kappa shape index (κ2) is 11.1. The highest BCUT2D eigenvalue weighted by molar-refractivity contribution is 5.80. The van der Waals surface area contributed by atoms with Gasteiger partial charge in [0.05, 0.1) is 13.2 Å². The lowest BCUT2D eigenvalue weighted by atomic mass is 10.3. The maximum atomic E-state index is 11.8. The van der Waals surface area contributed by atoms with Gasteiger partial charge < -0.3 is 19.9 Å². The van der Waals surface area contributed by atoms with Crippen LogP contribution in [0.3, 0.4) is 0 Å². The molecule has 1 aliphatic heterocycles. The van der Waals surface area contributed by atoms with E-state index in [-0.39, 0.29) is 6.09 Å². The molecule has 0 spiro atoms. The highest BCUT2D eigenvalue weighted by Gasteiger charge is 2.23. The van der Waals surface area contributed by atoms with Crippen LogP contribution in [0.15, 0.2) is 4.99 Å². The number of hydrogen-bond donors (Lipinski definition) is 1. The summed E-state index contributed by atoms with van der Waals surface area (Å²) in [4.78, 5) is 23.0. The molecule has 0 aliphatic carbocycles. The molecule has 1 heterocycles. The number of nitrogens with one attached hydrogen (secondary N) is 1. The average molecular weight is 342 g/mol. The Balaban J connectivity index is 2.59. The molecule has 1 rings (SSSR count). The first kappa shape index (κ1) is 20.5. The molecule has 0 bridgehead atoms. The zero-order valence-electron chi connectivity index (χ0n) is 16.0. The lowest BCUT2D eigenvalue weighted by Crippen LogP contribution is -2.54. The van der Waals surface area contributed by atoms with Crippen molar-refractivity contribution in [2.45, 2.75) is 40.7 Å². The molecular formula is C17H35N5O2. The van der Waals surface area contributed by atoms with Crippen LogP contribution in [0.5, 0.6) is 0 Å². The fourth-order valence-electron chi connectivity index (χ4n) is 2.92. The second-order valence-electron chi connectivity index (χ2n) is 5.94. The molecule has 1 atom stereocenters. The van der Waals surface area contributed by atoms with Gasteiger partial charge in [-0.2, -0.15) is 0 Å². The van der Waals surface area contributed by atoms with Gasteiger partial charge in [-0.3, -0.25) is 9.89 Å². The minimum Gasteiger partial charge on any atom is -0.450 e. The number of ether oxygens (including phenoxy) is 1. The first-order chi connectivity index (χ1) is 11.6. The number of likely N-dealkylation sites (N-methyl/N-ethyl adjacent to an activating group) is 1. The van der Waals surface area contributed by atoms with E-state index in [4.69, 9.17) is 9.73 Å². The SMILES string of the molecule is CCNC(=NCC(C)N(CC)CC)N1CCN(C(=O)OCC)CC1. The highest BCUT2D eigenvalue weighted by Crippen LogP contribution is 2.05. The van der Waals surface area contributed by atoms with E-state index in [0.717, 1.165) is 45.2 Å². The fraction of sp³-hybridized carbons (Fsp3) is 0.882. The van der Waals surface area contributed by atoms with Crippen molar-refractivity contribution in [2.24, 2.45) is 4.99 Å². The van der Waals surface area contributed by atoms with Gasteiger partial charge >= 0.3 is 6.09 Å². The molecule has 0 aromatic carbocycles. The van der Waals surface area contributed by atoms with Crippen LogP contribution >= 0.6 is 0 Å². The largest absolute Gasteiger partial charge is 0.450 e. The van der Waals surface area contributed by atoms with Crippen LogP contribution in [-0.4, -0.2) is 91.8 Å². The number of amides is 1. The smallest absolute Gasteiger partial charge is 0.409 e. The van der Waals surface area contributed by atoms with E-state index in [1.807, 2.05) is 6.92 Å². The van der Waals surface area contributed by atoms with Gasteiger partial charge in [-0.05, 0) is 33.9 Å². The second-order valence-corrected chi connectivity index (χ2v) is 5.94. The fourth-order valence-corrected chi connectivity index (χ4v) is 2.92. The monoisotopic (exact) mass is 341 g/mol. The lowest BCUT2D eigenvalue weighted by Gasteiger charge is -2.36. The summed E-state index contributed by atoms with van der Waals surface area (Å²) in [5.41, 5.74) is 0. The van der Waals surface area contributed by atoms with E-state index in [0.29, 0.717) is 25.7 Å². The summed E-state index contributed by atoms with van der Waals surface area (Å²) < 4.78 is 5.07. The molecule has 0 radical (unpaired) electrons. The molecule has 0 aromatic rings. The molecule has 1 fully saturated rings. The van der Waals surface area contributed by atoms with Crippen molar-refractivity contribution < 1.29 is 9.53 Å². The molecule has 140 valence electrons. The number of guanidine groups is 1. The van der Waals surface area contributed by atoms with Gasteiger partial charge in [0.1, 0.15) is 0 Å². The molecule has 1 saturated heterocycles. The standard InChI is InChI=1S/C17H35N5O2/c1-6-18-16(19-14-15(5)20(7-2)8-3)21-10-12-22(13-11-21)17(23)24-9-4/h15H,6-14H2,1-5H3,(H,18,19).